The van der Waals surface area contributed by atoms with Crippen LogP contribution in [0.25, 0.3) is 99.5 Å². The van der Waals surface area contributed by atoms with Crippen molar-refractivity contribution in [1.82, 2.24) is 9.13 Å². The number of hydrogen-bond donors (Lipinski definition) is 0. The van der Waals surface area contributed by atoms with Crippen molar-refractivity contribution in [3.8, 4) is 55.9 Å². The lowest BCUT2D eigenvalue weighted by Crippen LogP contribution is -1.96. The van der Waals surface area contributed by atoms with Gasteiger partial charge in [0.15, 0.2) is 0 Å². The van der Waals surface area contributed by atoms with E-state index in [0.717, 1.165) is 11.4 Å². The monoisotopic (exact) mass is 712 g/mol. The lowest BCUT2D eigenvalue weighted by Gasteiger charge is -2.15. The number of nitrogens with zero attached hydrogens (tertiary/aromatic N) is 2. The van der Waals surface area contributed by atoms with Crippen LogP contribution in [-0.4, -0.2) is 9.13 Å². The normalized spacial score (nSPS) is 11.6. The highest BCUT2D eigenvalue weighted by Gasteiger charge is 2.18. The van der Waals surface area contributed by atoms with Crippen molar-refractivity contribution in [1.29, 1.82) is 0 Å². The summed E-state index contributed by atoms with van der Waals surface area (Å²) in [7, 11) is 0. The molecule has 262 valence electrons. The minimum atomic E-state index is 1.15. The maximum atomic E-state index is 2.43. The molecule has 2 heterocycles. The van der Waals surface area contributed by atoms with Crippen molar-refractivity contribution in [3.05, 3.63) is 218 Å². The van der Waals surface area contributed by atoms with E-state index in [0.29, 0.717) is 0 Å². The Morgan fingerprint density at radius 1 is 0.214 bits per heavy atom. The fraction of sp³-hybridized carbons (Fsp3) is 0. The third-order valence-corrected chi connectivity index (χ3v) is 11.3. The van der Waals surface area contributed by atoms with Gasteiger partial charge in [0.2, 0.25) is 0 Å². The van der Waals surface area contributed by atoms with Gasteiger partial charge in [0, 0.05) is 32.9 Å². The van der Waals surface area contributed by atoms with Crippen LogP contribution in [0.5, 0.6) is 0 Å². The Hall–Kier alpha value is -7.42. The standard InChI is InChI=1S/C54H36N2/c1-4-14-37(15-5-1)38-24-28-43(29-25-38)55-51-22-12-10-20-46(51)49-34-41(26-32-53(49)55)42-27-33-54-50(35-42)47-21-11-13-23-52(47)56(54)44-30-31-45(39-16-6-2-7-17-39)48(36-44)40-18-8-3-9-19-40/h1-36H. The van der Waals surface area contributed by atoms with Gasteiger partial charge >= 0.3 is 0 Å². The van der Waals surface area contributed by atoms with Crippen LogP contribution >= 0.6 is 0 Å². The summed E-state index contributed by atoms with van der Waals surface area (Å²) >= 11 is 0. The maximum absolute atomic E-state index is 2.43. The number of fused-ring (bicyclic) bond motifs is 6. The topological polar surface area (TPSA) is 9.86 Å². The van der Waals surface area contributed by atoms with Crippen molar-refractivity contribution in [3.63, 3.8) is 0 Å². The van der Waals surface area contributed by atoms with Gasteiger partial charge in [-0.05, 0) is 105 Å². The van der Waals surface area contributed by atoms with Gasteiger partial charge in [0.05, 0.1) is 22.1 Å². The molecule has 56 heavy (non-hydrogen) atoms. The highest BCUT2D eigenvalue weighted by atomic mass is 15.0. The van der Waals surface area contributed by atoms with Crippen LogP contribution in [0, 0.1) is 0 Å². The molecule has 0 aliphatic heterocycles. The molecule has 0 unspecified atom stereocenters. The second-order valence-electron chi connectivity index (χ2n) is 14.5. The summed E-state index contributed by atoms with van der Waals surface area (Å²) in [6.45, 7) is 0. The second kappa shape index (κ2) is 13.2. The SMILES string of the molecule is c1ccc(-c2ccc(-n3c4ccccc4c4cc(-c5ccc6c(c5)c5ccccc5n6-c5ccc(-c6ccccc6)c(-c6ccccc6)c5)ccc43)cc2)cc1. The largest absolute Gasteiger partial charge is 0.309 e. The molecule has 0 spiro atoms. The first kappa shape index (κ1) is 32.0. The molecule has 11 aromatic rings. The highest BCUT2D eigenvalue weighted by Crippen LogP contribution is 2.40. The molecule has 0 saturated carbocycles. The predicted molar refractivity (Wildman–Crippen MR) is 237 cm³/mol. The first-order valence-electron chi connectivity index (χ1n) is 19.3. The molecule has 2 heteroatoms. The molecule has 0 N–H and O–H groups in total. The molecule has 0 fully saturated rings. The Bertz CT molecular complexity index is 3210. The minimum Gasteiger partial charge on any atom is -0.309 e. The molecule has 0 radical (unpaired) electrons. The summed E-state index contributed by atoms with van der Waals surface area (Å²) in [4.78, 5) is 0. The number of benzene rings is 9. The van der Waals surface area contributed by atoms with E-state index >= 15 is 0 Å². The average molecular weight is 713 g/mol. The lowest BCUT2D eigenvalue weighted by molar-refractivity contribution is 1.18. The van der Waals surface area contributed by atoms with Crippen molar-refractivity contribution in [2.45, 2.75) is 0 Å². The molecule has 0 atom stereocenters. The quantitative estimate of drug-likeness (QED) is 0.162. The Morgan fingerprint density at radius 3 is 1.16 bits per heavy atom. The van der Waals surface area contributed by atoms with Gasteiger partial charge in [-0.15, -0.1) is 0 Å². The number of para-hydroxylation sites is 2. The Kier molecular flexibility index (Phi) is 7.53. The van der Waals surface area contributed by atoms with Crippen LogP contribution in [0.3, 0.4) is 0 Å². The minimum absolute atomic E-state index is 1.15. The van der Waals surface area contributed by atoms with Crippen LogP contribution in [0.2, 0.25) is 0 Å². The second-order valence-corrected chi connectivity index (χ2v) is 14.5. The van der Waals surface area contributed by atoms with Gasteiger partial charge in [-0.1, -0.05) is 158 Å². The smallest absolute Gasteiger partial charge is 0.0541 e. The molecule has 11 rings (SSSR count). The van der Waals surface area contributed by atoms with Gasteiger partial charge in [-0.25, -0.2) is 0 Å². The molecule has 0 aliphatic rings. The first-order valence-corrected chi connectivity index (χ1v) is 19.3. The van der Waals surface area contributed by atoms with E-state index in [1.807, 2.05) is 0 Å². The first-order chi connectivity index (χ1) is 27.8. The van der Waals surface area contributed by atoms with Crippen LogP contribution in [0.4, 0.5) is 0 Å². The number of hydrogen-bond acceptors (Lipinski definition) is 0. The average Bonchev–Trinajstić information content (AvgIpc) is 3.79. The summed E-state index contributed by atoms with van der Waals surface area (Å²) in [6.07, 6.45) is 0. The zero-order chi connectivity index (χ0) is 37.0. The van der Waals surface area contributed by atoms with Crippen molar-refractivity contribution < 1.29 is 0 Å². The molecular formula is C54H36N2. The van der Waals surface area contributed by atoms with E-state index < -0.39 is 0 Å². The Morgan fingerprint density at radius 2 is 0.607 bits per heavy atom. The van der Waals surface area contributed by atoms with Gasteiger partial charge in [-0.2, -0.15) is 0 Å². The van der Waals surface area contributed by atoms with E-state index in [-0.39, 0.29) is 0 Å². The third kappa shape index (κ3) is 5.26. The van der Waals surface area contributed by atoms with Crippen LogP contribution in [0.1, 0.15) is 0 Å². The molecule has 0 amide bonds. The molecule has 0 bridgehead atoms. The Labute approximate surface area is 325 Å². The van der Waals surface area contributed by atoms with Crippen LogP contribution in [-0.2, 0) is 0 Å². The summed E-state index contributed by atoms with van der Waals surface area (Å²) in [6, 6.07) is 79.4. The summed E-state index contributed by atoms with van der Waals surface area (Å²) in [5.41, 5.74) is 16.8. The Balaban J connectivity index is 1.04. The summed E-state index contributed by atoms with van der Waals surface area (Å²) in [5, 5.41) is 4.99. The van der Waals surface area contributed by atoms with Crippen molar-refractivity contribution in [2.24, 2.45) is 0 Å². The molecular weight excluding hydrogens is 677 g/mol. The highest BCUT2D eigenvalue weighted by molar-refractivity contribution is 6.13. The molecule has 0 saturated heterocycles. The third-order valence-electron chi connectivity index (χ3n) is 11.3. The molecule has 2 nitrogen and oxygen atoms in total. The summed E-state index contributed by atoms with van der Waals surface area (Å²) < 4.78 is 4.82. The van der Waals surface area contributed by atoms with Gasteiger partial charge in [0.1, 0.15) is 0 Å². The zero-order valence-electron chi connectivity index (χ0n) is 30.7. The molecule has 9 aromatic carbocycles. The van der Waals surface area contributed by atoms with Gasteiger partial charge < -0.3 is 9.13 Å². The van der Waals surface area contributed by atoms with Crippen LogP contribution < -0.4 is 0 Å². The van der Waals surface area contributed by atoms with E-state index in [2.05, 4.69) is 228 Å². The van der Waals surface area contributed by atoms with Gasteiger partial charge in [-0.3, -0.25) is 0 Å². The summed E-state index contributed by atoms with van der Waals surface area (Å²) in [5.74, 6) is 0. The van der Waals surface area contributed by atoms with E-state index in [4.69, 9.17) is 0 Å². The van der Waals surface area contributed by atoms with E-state index in [1.165, 1.54) is 88.1 Å². The van der Waals surface area contributed by atoms with Crippen molar-refractivity contribution >= 4 is 43.6 Å². The van der Waals surface area contributed by atoms with Crippen molar-refractivity contribution in [2.75, 3.05) is 0 Å². The molecule has 0 aliphatic carbocycles. The lowest BCUT2D eigenvalue weighted by atomic mass is 9.94. The fourth-order valence-electron chi connectivity index (χ4n) is 8.69. The molecule has 2 aromatic heterocycles. The zero-order valence-corrected chi connectivity index (χ0v) is 30.7. The van der Waals surface area contributed by atoms with Crippen LogP contribution in [0.15, 0.2) is 218 Å². The predicted octanol–water partition coefficient (Wildman–Crippen LogP) is 14.5. The van der Waals surface area contributed by atoms with E-state index in [9.17, 15) is 0 Å². The number of aromatic nitrogens is 2. The number of rotatable bonds is 6. The fourth-order valence-corrected chi connectivity index (χ4v) is 8.69. The van der Waals surface area contributed by atoms with E-state index in [1.54, 1.807) is 0 Å². The maximum Gasteiger partial charge on any atom is 0.0541 e. The van der Waals surface area contributed by atoms with Gasteiger partial charge in [0.25, 0.3) is 0 Å².